The second-order valence-corrected chi connectivity index (χ2v) is 5.88. The molecule has 0 aliphatic heterocycles. The molecule has 5 heteroatoms. The Balaban J connectivity index is 2.44. The van der Waals surface area contributed by atoms with Gasteiger partial charge in [0.15, 0.2) is 28.8 Å². The highest BCUT2D eigenvalue weighted by molar-refractivity contribution is 6.01. The number of carbonyl (C=O) groups excluding carboxylic acids is 1. The number of benzene rings is 2. The molecule has 2 rings (SSSR count). The first-order chi connectivity index (χ1) is 12.5. The summed E-state index contributed by atoms with van der Waals surface area (Å²) >= 11 is 0. The van der Waals surface area contributed by atoms with Crippen LogP contribution >= 0.6 is 0 Å². The van der Waals surface area contributed by atoms with Crippen molar-refractivity contribution in [3.8, 4) is 23.0 Å². The highest BCUT2D eigenvalue weighted by atomic mass is 16.5. The van der Waals surface area contributed by atoms with E-state index in [4.69, 9.17) is 14.2 Å². The highest BCUT2D eigenvalue weighted by Gasteiger charge is 2.24. The minimum atomic E-state index is -0.563. The number of hydrogen-bond acceptors (Lipinski definition) is 5. The summed E-state index contributed by atoms with van der Waals surface area (Å²) < 4.78 is 15.7. The quantitative estimate of drug-likeness (QED) is 0.569. The maximum Gasteiger partial charge on any atom is 0.170 e. The molecular formula is C21H24O5. The molecule has 0 radical (unpaired) electrons. The lowest BCUT2D eigenvalue weighted by molar-refractivity contribution is 0.0964. The largest absolute Gasteiger partial charge is 0.504 e. The highest BCUT2D eigenvalue weighted by Crippen LogP contribution is 2.38. The molecule has 0 saturated carbocycles. The average Bonchev–Trinajstić information content (AvgIpc) is 2.67. The van der Waals surface area contributed by atoms with Crippen molar-refractivity contribution in [3.63, 3.8) is 0 Å². The molecule has 0 aromatic heterocycles. The molecule has 1 atom stereocenters. The second kappa shape index (κ2) is 8.43. The van der Waals surface area contributed by atoms with Gasteiger partial charge in [-0.3, -0.25) is 4.79 Å². The molecule has 5 nitrogen and oxygen atoms in total. The van der Waals surface area contributed by atoms with Gasteiger partial charge in [-0.05, 0) is 36.2 Å². The Morgan fingerprint density at radius 3 is 2.31 bits per heavy atom. The number of methoxy groups -OCH3 is 3. The van der Waals surface area contributed by atoms with Gasteiger partial charge in [-0.2, -0.15) is 0 Å². The number of ether oxygens (including phenoxy) is 3. The lowest BCUT2D eigenvalue weighted by Crippen LogP contribution is -2.11. The van der Waals surface area contributed by atoms with E-state index in [0.717, 1.165) is 5.56 Å². The Hall–Kier alpha value is -2.95. The van der Waals surface area contributed by atoms with Crippen LogP contribution in [0.1, 0.15) is 34.3 Å². The van der Waals surface area contributed by atoms with Crippen LogP contribution in [0, 0.1) is 0 Å². The summed E-state index contributed by atoms with van der Waals surface area (Å²) in [5.41, 5.74) is 1.90. The number of rotatable bonds is 8. The third-order valence-corrected chi connectivity index (χ3v) is 4.29. The number of phenols is 1. The van der Waals surface area contributed by atoms with E-state index < -0.39 is 5.92 Å². The van der Waals surface area contributed by atoms with Gasteiger partial charge in [0.25, 0.3) is 0 Å². The van der Waals surface area contributed by atoms with Crippen molar-refractivity contribution in [3.05, 3.63) is 59.7 Å². The van der Waals surface area contributed by atoms with Crippen LogP contribution in [0.5, 0.6) is 23.0 Å². The van der Waals surface area contributed by atoms with Gasteiger partial charge in [0.2, 0.25) is 0 Å². The second-order valence-electron chi connectivity index (χ2n) is 5.88. The Labute approximate surface area is 153 Å². The first kappa shape index (κ1) is 19.4. The molecular weight excluding hydrogens is 332 g/mol. The Morgan fingerprint density at radius 1 is 1.08 bits per heavy atom. The van der Waals surface area contributed by atoms with Crippen molar-refractivity contribution in [1.82, 2.24) is 0 Å². The summed E-state index contributed by atoms with van der Waals surface area (Å²) in [4.78, 5) is 13.0. The van der Waals surface area contributed by atoms with E-state index in [1.807, 2.05) is 6.07 Å². The summed E-state index contributed by atoms with van der Waals surface area (Å²) in [5.74, 6) is 0.640. The standard InChI is InChI=1S/C21H24O5/c1-6-7-14-10-16(21(23)19(11-14)26-5)13(2)20(22)15-8-9-17(24-3)18(12-15)25-4/h6,8-13,23H,1,7H2,2-5H3/t13-/m1/s1. The van der Waals surface area contributed by atoms with Crippen LogP contribution in [-0.2, 0) is 6.42 Å². The third kappa shape index (κ3) is 3.82. The number of phenolic OH excluding ortho intramolecular Hbond substituents is 1. The fourth-order valence-corrected chi connectivity index (χ4v) is 2.84. The van der Waals surface area contributed by atoms with Crippen molar-refractivity contribution in [1.29, 1.82) is 0 Å². The van der Waals surface area contributed by atoms with Gasteiger partial charge in [0.05, 0.1) is 21.3 Å². The fourth-order valence-electron chi connectivity index (χ4n) is 2.84. The van der Waals surface area contributed by atoms with E-state index in [0.29, 0.717) is 34.8 Å². The zero-order valence-electron chi connectivity index (χ0n) is 15.5. The number of ketones is 1. The van der Waals surface area contributed by atoms with Crippen molar-refractivity contribution in [2.45, 2.75) is 19.3 Å². The van der Waals surface area contributed by atoms with Crippen LogP contribution in [0.2, 0.25) is 0 Å². The van der Waals surface area contributed by atoms with E-state index in [-0.39, 0.29) is 11.5 Å². The average molecular weight is 356 g/mol. The zero-order valence-corrected chi connectivity index (χ0v) is 15.5. The molecule has 0 fully saturated rings. The predicted molar refractivity (Wildman–Crippen MR) is 101 cm³/mol. The van der Waals surface area contributed by atoms with Crippen LogP contribution in [0.4, 0.5) is 0 Å². The fraction of sp³-hybridized carbons (Fsp3) is 0.286. The minimum absolute atomic E-state index is 0.0263. The summed E-state index contributed by atoms with van der Waals surface area (Å²) in [7, 11) is 4.54. The molecule has 0 aliphatic carbocycles. The van der Waals surface area contributed by atoms with Crippen LogP contribution in [0.15, 0.2) is 43.0 Å². The van der Waals surface area contributed by atoms with Crippen molar-refractivity contribution in [2.75, 3.05) is 21.3 Å². The smallest absolute Gasteiger partial charge is 0.170 e. The van der Waals surface area contributed by atoms with E-state index in [9.17, 15) is 9.90 Å². The third-order valence-electron chi connectivity index (χ3n) is 4.29. The number of Topliss-reactive ketones (excluding diaryl/α,β-unsaturated/α-hetero) is 1. The number of aromatic hydroxyl groups is 1. The molecule has 1 N–H and O–H groups in total. The number of carbonyl (C=O) groups is 1. The van der Waals surface area contributed by atoms with Gasteiger partial charge in [-0.25, -0.2) is 0 Å². The molecule has 0 heterocycles. The molecule has 0 spiro atoms. The molecule has 26 heavy (non-hydrogen) atoms. The first-order valence-corrected chi connectivity index (χ1v) is 8.23. The molecule has 0 saturated heterocycles. The van der Waals surface area contributed by atoms with Crippen molar-refractivity contribution < 1.29 is 24.1 Å². The lowest BCUT2D eigenvalue weighted by Gasteiger charge is -2.17. The Bertz CT molecular complexity index is 810. The topological polar surface area (TPSA) is 65.0 Å². The summed E-state index contributed by atoms with van der Waals surface area (Å²) in [5, 5.41) is 10.5. The van der Waals surface area contributed by atoms with Crippen LogP contribution in [0.25, 0.3) is 0 Å². The molecule has 2 aromatic rings. The maximum atomic E-state index is 13.0. The lowest BCUT2D eigenvalue weighted by atomic mass is 9.89. The van der Waals surface area contributed by atoms with Gasteiger partial charge in [-0.1, -0.05) is 19.1 Å². The zero-order chi connectivity index (χ0) is 19.3. The SMILES string of the molecule is C=CCc1cc(OC)c(O)c([C@@H](C)C(=O)c2ccc(OC)c(OC)c2)c1. The minimum Gasteiger partial charge on any atom is -0.504 e. The number of hydrogen-bond donors (Lipinski definition) is 1. The van der Waals surface area contributed by atoms with E-state index in [1.165, 1.54) is 21.3 Å². The first-order valence-electron chi connectivity index (χ1n) is 8.23. The van der Waals surface area contributed by atoms with Crippen LogP contribution in [-0.4, -0.2) is 32.2 Å². The molecule has 0 amide bonds. The Kier molecular flexibility index (Phi) is 6.28. The van der Waals surface area contributed by atoms with E-state index >= 15 is 0 Å². The molecule has 138 valence electrons. The van der Waals surface area contributed by atoms with Crippen molar-refractivity contribution >= 4 is 5.78 Å². The van der Waals surface area contributed by atoms with E-state index in [2.05, 4.69) is 6.58 Å². The van der Waals surface area contributed by atoms with Gasteiger partial charge in [0, 0.05) is 17.0 Å². The summed E-state index contributed by atoms with van der Waals surface area (Å²) in [6.45, 7) is 5.49. The summed E-state index contributed by atoms with van der Waals surface area (Å²) in [6, 6.07) is 8.56. The summed E-state index contributed by atoms with van der Waals surface area (Å²) in [6.07, 6.45) is 2.37. The van der Waals surface area contributed by atoms with Crippen LogP contribution < -0.4 is 14.2 Å². The predicted octanol–water partition coefficient (Wildman–Crippen LogP) is 4.13. The van der Waals surface area contributed by atoms with E-state index in [1.54, 1.807) is 37.3 Å². The van der Waals surface area contributed by atoms with Crippen molar-refractivity contribution in [2.24, 2.45) is 0 Å². The van der Waals surface area contributed by atoms with Crippen LogP contribution in [0.3, 0.4) is 0 Å². The molecule has 2 aromatic carbocycles. The Morgan fingerprint density at radius 2 is 1.73 bits per heavy atom. The van der Waals surface area contributed by atoms with Gasteiger partial charge >= 0.3 is 0 Å². The van der Waals surface area contributed by atoms with Gasteiger partial charge in [0.1, 0.15) is 0 Å². The normalized spacial score (nSPS) is 11.5. The molecule has 0 bridgehead atoms. The van der Waals surface area contributed by atoms with Gasteiger partial charge < -0.3 is 19.3 Å². The maximum absolute atomic E-state index is 13.0. The van der Waals surface area contributed by atoms with Gasteiger partial charge in [-0.15, -0.1) is 6.58 Å². The molecule has 0 unspecified atom stereocenters. The number of allylic oxidation sites excluding steroid dienone is 1. The molecule has 0 aliphatic rings. The monoisotopic (exact) mass is 356 g/mol.